The van der Waals surface area contributed by atoms with Gasteiger partial charge in [-0.1, -0.05) is 24.3 Å². The van der Waals surface area contributed by atoms with Crippen LogP contribution in [0, 0.1) is 0 Å². The number of Topliss-reactive ketones (excluding diaryl/α,β-unsaturated/α-hetero) is 1. The molecule has 0 saturated heterocycles. The first-order valence-electron chi connectivity index (χ1n) is 6.21. The van der Waals surface area contributed by atoms with E-state index in [0.717, 1.165) is 0 Å². The van der Waals surface area contributed by atoms with Crippen molar-refractivity contribution < 1.29 is 14.7 Å². The van der Waals surface area contributed by atoms with Crippen LogP contribution in [0.1, 0.15) is 21.7 Å². The fourth-order valence-corrected chi connectivity index (χ4v) is 3.21. The summed E-state index contributed by atoms with van der Waals surface area (Å²) in [5, 5.41) is 12.5. The number of carbonyl (C=O) groups excluding carboxylic acids is 2. The van der Waals surface area contributed by atoms with Crippen LogP contribution in [0.5, 0.6) is 0 Å². The smallest absolute Gasteiger partial charge is 0.263 e. The normalized spacial score (nSPS) is 21.1. The van der Waals surface area contributed by atoms with Crippen molar-refractivity contribution in [1.29, 1.82) is 0 Å². The largest absolute Gasteiger partial charge is 0.375 e. The van der Waals surface area contributed by atoms with E-state index in [1.165, 1.54) is 16.2 Å². The van der Waals surface area contributed by atoms with Crippen LogP contribution >= 0.6 is 11.3 Å². The van der Waals surface area contributed by atoms with Gasteiger partial charge in [0.15, 0.2) is 11.4 Å². The molecule has 20 heavy (non-hydrogen) atoms. The molecular formula is C15H13NO3S. The summed E-state index contributed by atoms with van der Waals surface area (Å²) in [7, 11) is 1.61. The van der Waals surface area contributed by atoms with Crippen LogP contribution in [0.25, 0.3) is 0 Å². The van der Waals surface area contributed by atoms with E-state index in [1.807, 2.05) is 0 Å². The highest BCUT2D eigenvalue weighted by atomic mass is 32.1. The monoisotopic (exact) mass is 287 g/mol. The molecule has 3 rings (SSSR count). The maximum absolute atomic E-state index is 12.3. The molecule has 0 spiro atoms. The molecule has 2 heterocycles. The second-order valence-electron chi connectivity index (χ2n) is 4.82. The van der Waals surface area contributed by atoms with Gasteiger partial charge in [0.2, 0.25) is 0 Å². The maximum atomic E-state index is 12.3. The van der Waals surface area contributed by atoms with Crippen LogP contribution in [0.15, 0.2) is 41.8 Å². The van der Waals surface area contributed by atoms with Gasteiger partial charge in [-0.15, -0.1) is 11.3 Å². The van der Waals surface area contributed by atoms with Crippen molar-refractivity contribution in [2.24, 2.45) is 0 Å². The lowest BCUT2D eigenvalue weighted by atomic mass is 9.89. The van der Waals surface area contributed by atoms with Crippen molar-refractivity contribution in [3.05, 3.63) is 52.2 Å². The Kier molecular flexibility index (Phi) is 2.96. The zero-order valence-electron chi connectivity index (χ0n) is 10.9. The summed E-state index contributed by atoms with van der Waals surface area (Å²) < 4.78 is 0. The zero-order chi connectivity index (χ0) is 14.3. The lowest BCUT2D eigenvalue weighted by Gasteiger charge is -2.20. The minimum Gasteiger partial charge on any atom is -0.375 e. The molecule has 0 aliphatic carbocycles. The zero-order valence-corrected chi connectivity index (χ0v) is 11.7. The minimum absolute atomic E-state index is 0.221. The number of hydrogen-bond donors (Lipinski definition) is 1. The van der Waals surface area contributed by atoms with E-state index >= 15 is 0 Å². The average Bonchev–Trinajstić information content (AvgIpc) is 3.04. The Bertz CT molecular complexity index is 680. The fourth-order valence-electron chi connectivity index (χ4n) is 2.55. The van der Waals surface area contributed by atoms with Gasteiger partial charge in [-0.3, -0.25) is 9.59 Å². The first-order valence-corrected chi connectivity index (χ1v) is 7.09. The third kappa shape index (κ3) is 1.78. The van der Waals surface area contributed by atoms with Crippen molar-refractivity contribution in [3.8, 4) is 0 Å². The van der Waals surface area contributed by atoms with E-state index in [9.17, 15) is 14.7 Å². The first-order chi connectivity index (χ1) is 9.54. The van der Waals surface area contributed by atoms with Crippen molar-refractivity contribution in [2.75, 3.05) is 11.9 Å². The molecule has 1 aromatic carbocycles. The maximum Gasteiger partial charge on any atom is 0.263 e. The number of aliphatic hydroxyl groups is 1. The van der Waals surface area contributed by atoms with Crippen molar-refractivity contribution in [1.82, 2.24) is 0 Å². The number of amides is 1. The summed E-state index contributed by atoms with van der Waals surface area (Å²) in [5.74, 6) is -0.676. The standard InChI is InChI=1S/C15H13NO3S/c1-16-11-6-3-2-5-10(11)15(19,14(16)18)9-12(17)13-7-4-8-20-13/h2-8,19H,9H2,1H3/t15-/m0/s1. The lowest BCUT2D eigenvalue weighted by Crippen LogP contribution is -2.40. The molecule has 0 fully saturated rings. The van der Waals surface area contributed by atoms with Crippen LogP contribution in [0.2, 0.25) is 0 Å². The second-order valence-corrected chi connectivity index (χ2v) is 5.77. The van der Waals surface area contributed by atoms with Gasteiger partial charge in [0.05, 0.1) is 17.0 Å². The van der Waals surface area contributed by atoms with E-state index in [4.69, 9.17) is 0 Å². The van der Waals surface area contributed by atoms with Gasteiger partial charge in [0, 0.05) is 12.6 Å². The Morgan fingerprint density at radius 3 is 2.75 bits per heavy atom. The summed E-state index contributed by atoms with van der Waals surface area (Å²) in [5.41, 5.74) is -0.608. The third-order valence-electron chi connectivity index (χ3n) is 3.58. The molecule has 0 bridgehead atoms. The van der Waals surface area contributed by atoms with Crippen LogP contribution < -0.4 is 4.90 Å². The van der Waals surface area contributed by atoms with E-state index in [0.29, 0.717) is 16.1 Å². The van der Waals surface area contributed by atoms with E-state index in [-0.39, 0.29) is 12.2 Å². The molecule has 1 N–H and O–H groups in total. The van der Waals surface area contributed by atoms with Gasteiger partial charge in [0.25, 0.3) is 5.91 Å². The molecule has 2 aromatic rings. The molecule has 5 heteroatoms. The molecule has 1 atom stereocenters. The molecule has 102 valence electrons. The number of para-hydroxylation sites is 1. The molecule has 1 amide bonds. The van der Waals surface area contributed by atoms with Crippen LogP contribution in [0.4, 0.5) is 5.69 Å². The number of rotatable bonds is 3. The highest BCUT2D eigenvalue weighted by Gasteiger charge is 2.49. The summed E-state index contributed by atoms with van der Waals surface area (Å²) in [4.78, 5) is 26.5. The Labute approximate surface area is 120 Å². The topological polar surface area (TPSA) is 57.6 Å². The molecular weight excluding hydrogens is 274 g/mol. The average molecular weight is 287 g/mol. The Hall–Kier alpha value is -1.98. The number of hydrogen-bond acceptors (Lipinski definition) is 4. The van der Waals surface area contributed by atoms with Crippen molar-refractivity contribution >= 4 is 28.7 Å². The predicted octanol–water partition coefficient (Wildman–Crippen LogP) is 2.19. The quantitative estimate of drug-likeness (QED) is 0.880. The van der Waals surface area contributed by atoms with Crippen LogP contribution in [-0.4, -0.2) is 23.8 Å². The SMILES string of the molecule is CN1C(=O)[C@](O)(CC(=O)c2cccs2)c2ccccc21. The molecule has 1 aliphatic heterocycles. The number of fused-ring (bicyclic) bond motifs is 1. The Morgan fingerprint density at radius 2 is 2.05 bits per heavy atom. The lowest BCUT2D eigenvalue weighted by molar-refractivity contribution is -0.135. The van der Waals surface area contributed by atoms with Crippen LogP contribution in [-0.2, 0) is 10.4 Å². The van der Waals surface area contributed by atoms with Crippen molar-refractivity contribution in [2.45, 2.75) is 12.0 Å². The predicted molar refractivity (Wildman–Crippen MR) is 77.0 cm³/mol. The highest BCUT2D eigenvalue weighted by molar-refractivity contribution is 7.12. The number of benzene rings is 1. The molecule has 4 nitrogen and oxygen atoms in total. The molecule has 1 aromatic heterocycles. The molecule has 0 unspecified atom stereocenters. The van der Waals surface area contributed by atoms with Crippen molar-refractivity contribution in [3.63, 3.8) is 0 Å². The first kappa shape index (κ1) is 13.0. The Morgan fingerprint density at radius 1 is 1.30 bits per heavy atom. The van der Waals surface area contributed by atoms with Gasteiger partial charge in [0.1, 0.15) is 0 Å². The summed E-state index contributed by atoms with van der Waals surface area (Å²) >= 11 is 1.31. The van der Waals surface area contributed by atoms with Gasteiger partial charge >= 0.3 is 0 Å². The van der Waals surface area contributed by atoms with Gasteiger partial charge in [-0.25, -0.2) is 0 Å². The fraction of sp³-hybridized carbons (Fsp3) is 0.200. The van der Waals surface area contributed by atoms with Gasteiger partial charge in [-0.2, -0.15) is 0 Å². The highest BCUT2D eigenvalue weighted by Crippen LogP contribution is 2.42. The van der Waals surface area contributed by atoms with E-state index in [2.05, 4.69) is 0 Å². The second kappa shape index (κ2) is 4.54. The summed E-state index contributed by atoms with van der Waals surface area (Å²) in [6, 6.07) is 10.5. The molecule has 1 aliphatic rings. The van der Waals surface area contributed by atoms with Crippen LogP contribution in [0.3, 0.4) is 0 Å². The number of carbonyl (C=O) groups is 2. The van der Waals surface area contributed by atoms with Gasteiger partial charge < -0.3 is 10.0 Å². The third-order valence-corrected chi connectivity index (χ3v) is 4.49. The molecule has 0 radical (unpaired) electrons. The minimum atomic E-state index is -1.76. The van der Waals surface area contributed by atoms with E-state index < -0.39 is 11.5 Å². The number of thiophene rings is 1. The number of likely N-dealkylation sites (N-methyl/N-ethyl adjacent to an activating group) is 1. The summed E-state index contributed by atoms with van der Waals surface area (Å²) in [6.45, 7) is 0. The summed E-state index contributed by atoms with van der Waals surface area (Å²) in [6.07, 6.45) is -0.228. The Balaban J connectivity index is 2.00. The molecule has 0 saturated carbocycles. The number of anilines is 1. The number of ketones is 1. The van der Waals surface area contributed by atoms with Gasteiger partial charge in [-0.05, 0) is 17.5 Å². The number of nitrogens with zero attached hydrogens (tertiary/aromatic N) is 1. The van der Waals surface area contributed by atoms with E-state index in [1.54, 1.807) is 48.8 Å².